The molecule has 0 bridgehead atoms. The maximum Gasteiger partial charge on any atom is 0.269 e. The quantitative estimate of drug-likeness (QED) is 0.144. The molecule has 28 heavy (non-hydrogen) atoms. The third-order valence-electron chi connectivity index (χ3n) is 3.76. The molecular formula is C20H25IN4O3. The Morgan fingerprint density at radius 1 is 1.18 bits per heavy atom. The summed E-state index contributed by atoms with van der Waals surface area (Å²) in [5, 5.41) is 17.2. The summed E-state index contributed by atoms with van der Waals surface area (Å²) in [4.78, 5) is 14.9. The van der Waals surface area contributed by atoms with Gasteiger partial charge in [0.05, 0.1) is 18.6 Å². The van der Waals surface area contributed by atoms with Crippen molar-refractivity contribution in [1.29, 1.82) is 0 Å². The second-order valence-corrected chi connectivity index (χ2v) is 6.06. The minimum atomic E-state index is -0.415. The standard InChI is InChI=1S/C20H24N4O3.HI/c1-15(2)12-21-20(23-14-17-6-4-5-7-19(17)27-3)22-13-16-8-10-18(11-9-16)24(25)26;/h4-11H,1,12-14H2,2-3H3,(H2,21,22,23);1H. The van der Waals surface area contributed by atoms with Crippen molar-refractivity contribution in [3.05, 3.63) is 81.9 Å². The van der Waals surface area contributed by atoms with E-state index in [1.54, 1.807) is 19.2 Å². The van der Waals surface area contributed by atoms with Gasteiger partial charge in [-0.25, -0.2) is 4.99 Å². The van der Waals surface area contributed by atoms with Crippen molar-refractivity contribution in [3.63, 3.8) is 0 Å². The Hall–Kier alpha value is -2.62. The first-order valence-electron chi connectivity index (χ1n) is 8.51. The van der Waals surface area contributed by atoms with E-state index in [4.69, 9.17) is 4.74 Å². The molecule has 0 aromatic heterocycles. The molecule has 150 valence electrons. The molecule has 2 rings (SSSR count). The highest BCUT2D eigenvalue weighted by atomic mass is 127. The molecule has 0 aliphatic carbocycles. The van der Waals surface area contributed by atoms with Crippen LogP contribution in [-0.2, 0) is 13.1 Å². The Balaban J connectivity index is 0.00000392. The van der Waals surface area contributed by atoms with Gasteiger partial charge in [-0.3, -0.25) is 10.1 Å². The summed E-state index contributed by atoms with van der Waals surface area (Å²) < 4.78 is 5.37. The third kappa shape index (κ3) is 7.55. The average Bonchev–Trinajstić information content (AvgIpc) is 2.67. The first kappa shape index (κ1) is 23.4. The molecule has 0 fully saturated rings. The predicted molar refractivity (Wildman–Crippen MR) is 122 cm³/mol. The van der Waals surface area contributed by atoms with Crippen molar-refractivity contribution in [2.45, 2.75) is 20.0 Å². The highest BCUT2D eigenvalue weighted by Gasteiger charge is 2.06. The molecule has 0 heterocycles. The number of hydrogen-bond donors (Lipinski definition) is 2. The van der Waals surface area contributed by atoms with E-state index >= 15 is 0 Å². The van der Waals surface area contributed by atoms with E-state index in [1.807, 2.05) is 31.2 Å². The first-order chi connectivity index (χ1) is 13.0. The van der Waals surface area contributed by atoms with E-state index in [2.05, 4.69) is 22.2 Å². The summed E-state index contributed by atoms with van der Waals surface area (Å²) in [5.74, 6) is 1.43. The van der Waals surface area contributed by atoms with E-state index in [-0.39, 0.29) is 29.7 Å². The second-order valence-electron chi connectivity index (χ2n) is 6.06. The fraction of sp³-hybridized carbons (Fsp3) is 0.250. The van der Waals surface area contributed by atoms with Crippen molar-refractivity contribution in [3.8, 4) is 5.75 Å². The van der Waals surface area contributed by atoms with E-state index in [9.17, 15) is 10.1 Å². The normalized spacial score (nSPS) is 10.6. The van der Waals surface area contributed by atoms with E-state index < -0.39 is 4.92 Å². The lowest BCUT2D eigenvalue weighted by Crippen LogP contribution is -2.37. The number of rotatable bonds is 8. The third-order valence-corrected chi connectivity index (χ3v) is 3.76. The van der Waals surface area contributed by atoms with Crippen LogP contribution in [0.3, 0.4) is 0 Å². The molecule has 0 aliphatic rings. The van der Waals surface area contributed by atoms with Crippen LogP contribution in [0.5, 0.6) is 5.75 Å². The summed E-state index contributed by atoms with van der Waals surface area (Å²) in [6.45, 7) is 7.36. The molecule has 0 aliphatic heterocycles. The van der Waals surface area contributed by atoms with Crippen LogP contribution in [0.1, 0.15) is 18.1 Å². The number of hydrogen-bond acceptors (Lipinski definition) is 4. The van der Waals surface area contributed by atoms with Gasteiger partial charge in [-0.2, -0.15) is 0 Å². The Morgan fingerprint density at radius 2 is 1.86 bits per heavy atom. The number of nitrogens with one attached hydrogen (secondary N) is 2. The van der Waals surface area contributed by atoms with Gasteiger partial charge >= 0.3 is 0 Å². The molecule has 2 aromatic rings. The molecule has 0 spiro atoms. The van der Waals surface area contributed by atoms with Crippen LogP contribution in [0.25, 0.3) is 0 Å². The highest BCUT2D eigenvalue weighted by Crippen LogP contribution is 2.16. The van der Waals surface area contributed by atoms with Crippen molar-refractivity contribution < 1.29 is 9.66 Å². The van der Waals surface area contributed by atoms with Crippen molar-refractivity contribution in [2.75, 3.05) is 13.7 Å². The summed E-state index contributed by atoms with van der Waals surface area (Å²) in [6.07, 6.45) is 0. The molecule has 7 nitrogen and oxygen atoms in total. The number of para-hydroxylation sites is 1. The van der Waals surface area contributed by atoms with Crippen LogP contribution in [0.4, 0.5) is 5.69 Å². The van der Waals surface area contributed by atoms with Crippen molar-refractivity contribution in [2.24, 2.45) is 4.99 Å². The number of ether oxygens (including phenoxy) is 1. The number of aliphatic imine (C=N–C) groups is 1. The Labute approximate surface area is 182 Å². The number of halogens is 1. The smallest absolute Gasteiger partial charge is 0.269 e. The van der Waals surface area contributed by atoms with E-state index in [1.165, 1.54) is 12.1 Å². The van der Waals surface area contributed by atoms with Crippen LogP contribution < -0.4 is 15.4 Å². The van der Waals surface area contributed by atoms with Gasteiger partial charge in [0.1, 0.15) is 5.75 Å². The summed E-state index contributed by atoms with van der Waals surface area (Å²) in [7, 11) is 1.64. The van der Waals surface area contributed by atoms with Crippen LogP contribution in [-0.4, -0.2) is 24.5 Å². The predicted octanol–water partition coefficient (Wildman–Crippen LogP) is 4.03. The van der Waals surface area contributed by atoms with Crippen LogP contribution in [0, 0.1) is 10.1 Å². The van der Waals surface area contributed by atoms with Gasteiger partial charge in [0.2, 0.25) is 0 Å². The molecule has 0 saturated carbocycles. The van der Waals surface area contributed by atoms with Gasteiger partial charge in [-0.15, -0.1) is 24.0 Å². The second kappa shape index (κ2) is 12.0. The van der Waals surface area contributed by atoms with E-state index in [0.717, 1.165) is 22.4 Å². The molecule has 2 aromatic carbocycles. The highest BCUT2D eigenvalue weighted by molar-refractivity contribution is 14.0. The fourth-order valence-electron chi connectivity index (χ4n) is 2.33. The Kier molecular flexibility index (Phi) is 10.0. The van der Waals surface area contributed by atoms with Gasteiger partial charge in [-0.1, -0.05) is 42.5 Å². The largest absolute Gasteiger partial charge is 0.496 e. The summed E-state index contributed by atoms with van der Waals surface area (Å²) >= 11 is 0. The lowest BCUT2D eigenvalue weighted by atomic mass is 10.2. The molecular weight excluding hydrogens is 471 g/mol. The number of non-ortho nitro benzene ring substituents is 1. The topological polar surface area (TPSA) is 88.8 Å². The van der Waals surface area contributed by atoms with Crippen LogP contribution in [0.15, 0.2) is 65.7 Å². The van der Waals surface area contributed by atoms with Crippen molar-refractivity contribution in [1.82, 2.24) is 10.6 Å². The zero-order valence-electron chi connectivity index (χ0n) is 16.0. The molecule has 0 radical (unpaired) electrons. The maximum atomic E-state index is 10.7. The van der Waals surface area contributed by atoms with Crippen molar-refractivity contribution >= 4 is 35.6 Å². The van der Waals surface area contributed by atoms with Gasteiger partial charge in [0, 0.05) is 30.8 Å². The fourth-order valence-corrected chi connectivity index (χ4v) is 2.33. The van der Waals surface area contributed by atoms with E-state index in [0.29, 0.717) is 25.6 Å². The van der Waals surface area contributed by atoms with Gasteiger partial charge < -0.3 is 15.4 Å². The number of nitro benzene ring substituents is 1. The Bertz CT molecular complexity index is 822. The minimum Gasteiger partial charge on any atom is -0.496 e. The van der Waals surface area contributed by atoms with Crippen LogP contribution >= 0.6 is 24.0 Å². The number of nitro groups is 1. The number of methoxy groups -OCH3 is 1. The zero-order valence-corrected chi connectivity index (χ0v) is 18.3. The monoisotopic (exact) mass is 496 g/mol. The number of nitrogens with zero attached hydrogens (tertiary/aromatic N) is 2. The minimum absolute atomic E-state index is 0. The molecule has 2 N–H and O–H groups in total. The molecule has 0 atom stereocenters. The molecule has 8 heteroatoms. The lowest BCUT2D eigenvalue weighted by Gasteiger charge is -2.14. The van der Waals surface area contributed by atoms with Gasteiger partial charge in [0.15, 0.2) is 5.96 Å². The summed E-state index contributed by atoms with van der Waals surface area (Å²) in [5.41, 5.74) is 2.95. The van der Waals surface area contributed by atoms with Crippen LogP contribution in [0.2, 0.25) is 0 Å². The number of benzene rings is 2. The average molecular weight is 496 g/mol. The lowest BCUT2D eigenvalue weighted by molar-refractivity contribution is -0.384. The first-order valence-corrected chi connectivity index (χ1v) is 8.51. The maximum absolute atomic E-state index is 10.7. The Morgan fingerprint density at radius 3 is 2.46 bits per heavy atom. The molecule has 0 unspecified atom stereocenters. The number of guanidine groups is 1. The SMILES string of the molecule is C=C(C)CNC(=NCc1ccc([N+](=O)[O-])cc1)NCc1ccccc1OC.I. The summed E-state index contributed by atoms with van der Waals surface area (Å²) in [6, 6.07) is 14.1. The van der Waals surface area contributed by atoms with Gasteiger partial charge in [-0.05, 0) is 18.6 Å². The van der Waals surface area contributed by atoms with Gasteiger partial charge in [0.25, 0.3) is 5.69 Å². The zero-order chi connectivity index (χ0) is 19.6. The molecule has 0 saturated heterocycles. The molecule has 0 amide bonds.